The molecule has 1 aromatic carbocycles. The molecule has 0 unspecified atom stereocenters. The summed E-state index contributed by atoms with van der Waals surface area (Å²) in [5.74, 6) is 0.861. The molecule has 4 nitrogen and oxygen atoms in total. The fourth-order valence-corrected chi connectivity index (χ4v) is 3.58. The Labute approximate surface area is 145 Å². The number of aliphatic hydroxyl groups is 2. The van der Waals surface area contributed by atoms with E-state index in [2.05, 4.69) is 25.7 Å². The zero-order valence-electron chi connectivity index (χ0n) is 15.2. The van der Waals surface area contributed by atoms with E-state index in [4.69, 9.17) is 0 Å². The van der Waals surface area contributed by atoms with Gasteiger partial charge in [-0.05, 0) is 47.6 Å². The Morgan fingerprint density at radius 2 is 1.92 bits per heavy atom. The molecule has 0 bridgehead atoms. The molecular formula is C20H31NO3. The van der Waals surface area contributed by atoms with Crippen molar-refractivity contribution in [1.29, 1.82) is 0 Å². The Hall–Kier alpha value is -1.23. The second kappa shape index (κ2) is 8.75. The molecule has 2 rings (SSSR count). The number of carbonyl (C=O) groups is 1. The molecule has 0 radical (unpaired) electrons. The molecule has 1 heterocycles. The van der Waals surface area contributed by atoms with E-state index in [1.165, 1.54) is 5.56 Å². The minimum Gasteiger partial charge on any atom is -0.392 e. The molecule has 0 aromatic heterocycles. The number of likely N-dealkylation sites (N-methyl/N-ethyl adjacent to an activating group) is 1. The Morgan fingerprint density at radius 1 is 1.25 bits per heavy atom. The van der Waals surface area contributed by atoms with Gasteiger partial charge in [0, 0.05) is 25.4 Å². The molecule has 24 heavy (non-hydrogen) atoms. The minimum absolute atomic E-state index is 0.0569. The summed E-state index contributed by atoms with van der Waals surface area (Å²) in [5, 5.41) is 19.1. The number of aliphatic hydroxyl groups excluding tert-OH is 2. The summed E-state index contributed by atoms with van der Waals surface area (Å²) in [4.78, 5) is 14.8. The number of Topliss-reactive ketones (excluding diaryl/α,β-unsaturated/α-hetero) is 1. The fourth-order valence-electron chi connectivity index (χ4n) is 3.58. The molecule has 1 aromatic rings. The normalized spacial score (nSPS) is 18.0. The number of rotatable bonds is 8. The Bertz CT molecular complexity index is 568. The van der Waals surface area contributed by atoms with E-state index in [1.807, 2.05) is 12.1 Å². The van der Waals surface area contributed by atoms with Crippen LogP contribution in [0.2, 0.25) is 0 Å². The number of hydrogen-bond acceptors (Lipinski definition) is 4. The maximum Gasteiger partial charge on any atom is 0.134 e. The molecule has 0 spiro atoms. The number of carbonyl (C=O) groups excluding carboxylic acids is 1. The van der Waals surface area contributed by atoms with Gasteiger partial charge in [-0.3, -0.25) is 9.69 Å². The monoisotopic (exact) mass is 333 g/mol. The van der Waals surface area contributed by atoms with Gasteiger partial charge in [0.05, 0.1) is 13.2 Å². The van der Waals surface area contributed by atoms with E-state index in [1.54, 1.807) is 0 Å². The lowest BCUT2D eigenvalue weighted by molar-refractivity contribution is -0.120. The van der Waals surface area contributed by atoms with E-state index in [-0.39, 0.29) is 19.3 Å². The van der Waals surface area contributed by atoms with Gasteiger partial charge in [-0.1, -0.05) is 32.9 Å². The van der Waals surface area contributed by atoms with Gasteiger partial charge < -0.3 is 10.2 Å². The van der Waals surface area contributed by atoms with Crippen LogP contribution >= 0.6 is 0 Å². The number of nitrogens with zero attached hydrogens (tertiary/aromatic N) is 1. The molecule has 1 atom stereocenters. The summed E-state index contributed by atoms with van der Waals surface area (Å²) < 4.78 is 0. The van der Waals surface area contributed by atoms with Crippen LogP contribution < -0.4 is 0 Å². The first-order valence-electron chi connectivity index (χ1n) is 9.12. The number of ketones is 1. The maximum absolute atomic E-state index is 12.4. The van der Waals surface area contributed by atoms with E-state index in [0.29, 0.717) is 24.5 Å². The van der Waals surface area contributed by atoms with Gasteiger partial charge in [0.25, 0.3) is 0 Å². The molecule has 0 aliphatic carbocycles. The zero-order chi connectivity index (χ0) is 17.7. The summed E-state index contributed by atoms with van der Waals surface area (Å²) in [7, 11) is 0. The SMILES string of the molecule is CCN1CCc2cc(CO)c(CO)cc2[C@H]1CC(=O)CCC(C)C. The van der Waals surface area contributed by atoms with Crippen LogP contribution in [0, 0.1) is 5.92 Å². The molecule has 1 aliphatic heterocycles. The van der Waals surface area contributed by atoms with Crippen molar-refractivity contribution < 1.29 is 15.0 Å². The fraction of sp³-hybridized carbons (Fsp3) is 0.650. The van der Waals surface area contributed by atoms with Crippen molar-refractivity contribution >= 4 is 5.78 Å². The summed E-state index contributed by atoms with van der Waals surface area (Å²) in [6.07, 6.45) is 3.05. The van der Waals surface area contributed by atoms with E-state index in [0.717, 1.165) is 42.6 Å². The summed E-state index contributed by atoms with van der Waals surface area (Å²) in [5.41, 5.74) is 3.93. The highest BCUT2D eigenvalue weighted by Gasteiger charge is 2.29. The van der Waals surface area contributed by atoms with Crippen LogP contribution in [0.1, 0.15) is 68.3 Å². The largest absolute Gasteiger partial charge is 0.392 e. The summed E-state index contributed by atoms with van der Waals surface area (Å²) in [6, 6.07) is 4.11. The summed E-state index contributed by atoms with van der Waals surface area (Å²) >= 11 is 0. The molecular weight excluding hydrogens is 302 g/mol. The van der Waals surface area contributed by atoms with Crippen LogP contribution in [-0.2, 0) is 24.4 Å². The first kappa shape index (κ1) is 19.1. The lowest BCUT2D eigenvalue weighted by Gasteiger charge is -2.37. The predicted molar refractivity (Wildman–Crippen MR) is 95.7 cm³/mol. The van der Waals surface area contributed by atoms with Crippen molar-refractivity contribution in [3.05, 3.63) is 34.4 Å². The van der Waals surface area contributed by atoms with Gasteiger partial charge in [-0.25, -0.2) is 0 Å². The van der Waals surface area contributed by atoms with Gasteiger partial charge in [-0.2, -0.15) is 0 Å². The van der Waals surface area contributed by atoms with Crippen LogP contribution in [0.3, 0.4) is 0 Å². The van der Waals surface area contributed by atoms with Crippen molar-refractivity contribution in [2.24, 2.45) is 5.92 Å². The van der Waals surface area contributed by atoms with Crippen molar-refractivity contribution in [3.63, 3.8) is 0 Å². The smallest absolute Gasteiger partial charge is 0.134 e. The molecule has 0 saturated heterocycles. The molecule has 1 aliphatic rings. The number of hydrogen-bond donors (Lipinski definition) is 2. The third kappa shape index (κ3) is 4.44. The third-order valence-electron chi connectivity index (χ3n) is 5.10. The van der Waals surface area contributed by atoms with Crippen LogP contribution in [0.5, 0.6) is 0 Å². The van der Waals surface area contributed by atoms with E-state index < -0.39 is 0 Å². The second-order valence-electron chi connectivity index (χ2n) is 7.21. The van der Waals surface area contributed by atoms with Crippen LogP contribution in [-0.4, -0.2) is 34.0 Å². The van der Waals surface area contributed by atoms with Gasteiger partial charge in [-0.15, -0.1) is 0 Å². The highest BCUT2D eigenvalue weighted by atomic mass is 16.3. The molecule has 2 N–H and O–H groups in total. The quantitative estimate of drug-likeness (QED) is 0.768. The van der Waals surface area contributed by atoms with E-state index in [9.17, 15) is 15.0 Å². The highest BCUT2D eigenvalue weighted by molar-refractivity contribution is 5.79. The van der Waals surface area contributed by atoms with Crippen molar-refractivity contribution in [3.8, 4) is 0 Å². The van der Waals surface area contributed by atoms with Crippen molar-refractivity contribution in [2.75, 3.05) is 13.1 Å². The minimum atomic E-state index is -0.0800. The Kier molecular flexibility index (Phi) is 6.96. The van der Waals surface area contributed by atoms with Crippen LogP contribution in [0.15, 0.2) is 12.1 Å². The Balaban J connectivity index is 2.27. The lowest BCUT2D eigenvalue weighted by atomic mass is 9.86. The molecule has 4 heteroatoms. The van der Waals surface area contributed by atoms with Crippen LogP contribution in [0.25, 0.3) is 0 Å². The molecule has 0 amide bonds. The molecule has 0 saturated carbocycles. The van der Waals surface area contributed by atoms with Crippen LogP contribution in [0.4, 0.5) is 0 Å². The number of benzene rings is 1. The van der Waals surface area contributed by atoms with Gasteiger partial charge in [0.15, 0.2) is 0 Å². The second-order valence-corrected chi connectivity index (χ2v) is 7.21. The van der Waals surface area contributed by atoms with Gasteiger partial charge in [0.2, 0.25) is 0 Å². The average Bonchev–Trinajstić information content (AvgIpc) is 2.58. The van der Waals surface area contributed by atoms with Crippen molar-refractivity contribution in [2.45, 2.75) is 65.7 Å². The summed E-state index contributed by atoms with van der Waals surface area (Å²) in [6.45, 7) is 8.14. The first-order chi connectivity index (χ1) is 11.5. The van der Waals surface area contributed by atoms with Crippen molar-refractivity contribution in [1.82, 2.24) is 4.90 Å². The third-order valence-corrected chi connectivity index (χ3v) is 5.10. The zero-order valence-corrected chi connectivity index (χ0v) is 15.2. The first-order valence-corrected chi connectivity index (χ1v) is 9.12. The lowest BCUT2D eigenvalue weighted by Crippen LogP contribution is -2.36. The standard InChI is InChI=1S/C20H31NO3/c1-4-21-8-7-15-9-16(12-22)17(13-23)10-19(15)20(21)11-18(24)6-5-14(2)3/h9-10,14,20,22-23H,4-8,11-13H2,1-3H3/t20-/m1/s1. The van der Waals surface area contributed by atoms with Gasteiger partial charge >= 0.3 is 0 Å². The average molecular weight is 333 g/mol. The van der Waals surface area contributed by atoms with E-state index >= 15 is 0 Å². The maximum atomic E-state index is 12.4. The predicted octanol–water partition coefficient (Wildman–Crippen LogP) is 2.99. The topological polar surface area (TPSA) is 60.8 Å². The highest BCUT2D eigenvalue weighted by Crippen LogP contribution is 2.34. The molecule has 0 fully saturated rings. The Morgan fingerprint density at radius 3 is 2.50 bits per heavy atom. The van der Waals surface area contributed by atoms with Gasteiger partial charge in [0.1, 0.15) is 5.78 Å². The molecule has 134 valence electrons. The number of fused-ring (bicyclic) bond motifs is 1.